The molecule has 6 nitrogen and oxygen atoms in total. The molecule has 0 saturated heterocycles. The Balaban J connectivity index is 2.11. The average molecular weight is 340 g/mol. The van der Waals surface area contributed by atoms with E-state index in [1.165, 1.54) is 4.68 Å². The summed E-state index contributed by atoms with van der Waals surface area (Å²) in [7, 11) is 1.93. The fourth-order valence-electron chi connectivity index (χ4n) is 1.80. The molecule has 0 amide bonds. The number of nitrogens with one attached hydrogen (secondary N) is 1. The topological polar surface area (TPSA) is 64.7 Å². The molecule has 2 aromatic rings. The molecule has 108 valence electrons. The Hall–Kier alpha value is -1.63. The fourth-order valence-corrected chi connectivity index (χ4v) is 2.24. The Morgan fingerprint density at radius 1 is 1.45 bits per heavy atom. The average Bonchev–Trinajstić information content (AvgIpc) is 2.85. The third-order valence-electron chi connectivity index (χ3n) is 3.07. The molecule has 2 rings (SSSR count). The lowest BCUT2D eigenvalue weighted by atomic mass is 10.3. The van der Waals surface area contributed by atoms with Crippen molar-refractivity contribution in [3.05, 3.63) is 39.2 Å². The first-order chi connectivity index (χ1) is 9.63. The van der Waals surface area contributed by atoms with Gasteiger partial charge in [0.1, 0.15) is 10.3 Å². The van der Waals surface area contributed by atoms with Crippen molar-refractivity contribution in [2.24, 2.45) is 7.05 Å². The molecule has 0 atom stereocenters. The normalized spacial score (nSPS) is 10.8. The molecule has 0 aromatic carbocycles. The van der Waals surface area contributed by atoms with Crippen LogP contribution in [0.2, 0.25) is 0 Å². The highest BCUT2D eigenvalue weighted by molar-refractivity contribution is 9.10. The summed E-state index contributed by atoms with van der Waals surface area (Å²) in [4.78, 5) is 16.3. The summed E-state index contributed by atoms with van der Waals surface area (Å²) < 4.78 is 3.92. The second-order valence-electron chi connectivity index (χ2n) is 4.56. The standard InChI is InChI=1S/C13H18BrN5O/c1-3-4-6-19-13(20)12(14)10(8-17-19)16-9-11-15-5-7-18(11)2/h5,7-8,16H,3-4,6,9H2,1-2H3. The fraction of sp³-hybridized carbons (Fsp3) is 0.462. The summed E-state index contributed by atoms with van der Waals surface area (Å²) in [5.41, 5.74) is 0.578. The van der Waals surface area contributed by atoms with E-state index in [1.807, 2.05) is 17.8 Å². The summed E-state index contributed by atoms with van der Waals surface area (Å²) in [6.07, 6.45) is 7.27. The van der Waals surface area contributed by atoms with Crippen LogP contribution in [0.15, 0.2) is 27.9 Å². The molecule has 1 N–H and O–H groups in total. The number of halogens is 1. The lowest BCUT2D eigenvalue weighted by molar-refractivity contribution is 0.541. The van der Waals surface area contributed by atoms with Crippen LogP contribution in [0.4, 0.5) is 5.69 Å². The van der Waals surface area contributed by atoms with Gasteiger partial charge in [-0.3, -0.25) is 4.79 Å². The van der Waals surface area contributed by atoms with E-state index < -0.39 is 0 Å². The van der Waals surface area contributed by atoms with Crippen LogP contribution in [-0.2, 0) is 20.1 Å². The number of aryl methyl sites for hydroxylation is 2. The van der Waals surface area contributed by atoms with Gasteiger partial charge in [-0.15, -0.1) is 0 Å². The van der Waals surface area contributed by atoms with Crippen molar-refractivity contribution >= 4 is 21.6 Å². The molecule has 0 aliphatic rings. The molecular weight excluding hydrogens is 322 g/mol. The van der Waals surface area contributed by atoms with Crippen LogP contribution in [-0.4, -0.2) is 19.3 Å². The zero-order valence-corrected chi connectivity index (χ0v) is 13.2. The lowest BCUT2D eigenvalue weighted by Crippen LogP contribution is -2.24. The Morgan fingerprint density at radius 3 is 2.90 bits per heavy atom. The van der Waals surface area contributed by atoms with Crippen LogP contribution in [0.3, 0.4) is 0 Å². The van der Waals surface area contributed by atoms with Gasteiger partial charge in [0.15, 0.2) is 0 Å². The Kier molecular flexibility index (Phi) is 4.94. The highest BCUT2D eigenvalue weighted by Crippen LogP contribution is 2.16. The SMILES string of the molecule is CCCCn1ncc(NCc2nccn2C)c(Br)c1=O. The molecule has 0 unspecified atom stereocenters. The minimum Gasteiger partial charge on any atom is -0.375 e. The number of unbranched alkanes of at least 4 members (excludes halogenated alkanes) is 1. The van der Waals surface area contributed by atoms with Crippen LogP contribution in [0.5, 0.6) is 0 Å². The molecule has 0 aliphatic carbocycles. The number of hydrogen-bond acceptors (Lipinski definition) is 4. The van der Waals surface area contributed by atoms with E-state index >= 15 is 0 Å². The number of imidazole rings is 1. The Bertz CT molecular complexity index is 634. The van der Waals surface area contributed by atoms with Crippen molar-refractivity contribution in [2.45, 2.75) is 32.9 Å². The van der Waals surface area contributed by atoms with Crippen LogP contribution in [0.25, 0.3) is 0 Å². The van der Waals surface area contributed by atoms with E-state index in [-0.39, 0.29) is 5.56 Å². The predicted molar refractivity (Wildman–Crippen MR) is 81.6 cm³/mol. The van der Waals surface area contributed by atoms with Crippen LogP contribution in [0, 0.1) is 0 Å². The van der Waals surface area contributed by atoms with Crippen LogP contribution >= 0.6 is 15.9 Å². The zero-order valence-electron chi connectivity index (χ0n) is 11.6. The van der Waals surface area contributed by atoms with Gasteiger partial charge in [0.2, 0.25) is 0 Å². The van der Waals surface area contributed by atoms with E-state index in [2.05, 4.69) is 38.3 Å². The van der Waals surface area contributed by atoms with Crippen LogP contribution < -0.4 is 10.9 Å². The molecule has 0 saturated carbocycles. The van der Waals surface area contributed by atoms with E-state index in [1.54, 1.807) is 12.4 Å². The number of aromatic nitrogens is 4. The molecule has 2 aromatic heterocycles. The molecular formula is C13H18BrN5O. The van der Waals surface area contributed by atoms with Crippen molar-refractivity contribution in [2.75, 3.05) is 5.32 Å². The maximum atomic E-state index is 12.1. The summed E-state index contributed by atoms with van der Waals surface area (Å²) >= 11 is 3.34. The molecule has 0 aliphatic heterocycles. The summed E-state index contributed by atoms with van der Waals surface area (Å²) in [6.45, 7) is 3.28. The van der Waals surface area contributed by atoms with Crippen molar-refractivity contribution in [3.8, 4) is 0 Å². The highest BCUT2D eigenvalue weighted by Gasteiger charge is 2.09. The van der Waals surface area contributed by atoms with Crippen molar-refractivity contribution in [3.63, 3.8) is 0 Å². The largest absolute Gasteiger partial charge is 0.375 e. The lowest BCUT2D eigenvalue weighted by Gasteiger charge is -2.10. The first-order valence-electron chi connectivity index (χ1n) is 6.59. The summed E-state index contributed by atoms with van der Waals surface area (Å²) in [6, 6.07) is 0. The number of anilines is 1. The molecule has 7 heteroatoms. The summed E-state index contributed by atoms with van der Waals surface area (Å²) in [5.74, 6) is 0.895. The molecule has 2 heterocycles. The quantitative estimate of drug-likeness (QED) is 0.875. The van der Waals surface area contributed by atoms with Crippen LogP contribution in [0.1, 0.15) is 25.6 Å². The van der Waals surface area contributed by atoms with Gasteiger partial charge < -0.3 is 9.88 Å². The highest BCUT2D eigenvalue weighted by atomic mass is 79.9. The van der Waals surface area contributed by atoms with Gasteiger partial charge >= 0.3 is 0 Å². The third-order valence-corrected chi connectivity index (χ3v) is 3.83. The number of hydrogen-bond donors (Lipinski definition) is 1. The van der Waals surface area contributed by atoms with E-state index in [0.717, 1.165) is 18.7 Å². The maximum absolute atomic E-state index is 12.1. The molecule has 0 radical (unpaired) electrons. The van der Waals surface area contributed by atoms with Gasteiger partial charge in [0, 0.05) is 26.0 Å². The smallest absolute Gasteiger partial charge is 0.283 e. The minimum absolute atomic E-state index is 0.108. The zero-order chi connectivity index (χ0) is 14.5. The third kappa shape index (κ3) is 3.27. The van der Waals surface area contributed by atoms with Gasteiger partial charge in [-0.05, 0) is 22.4 Å². The maximum Gasteiger partial charge on any atom is 0.283 e. The molecule has 20 heavy (non-hydrogen) atoms. The second-order valence-corrected chi connectivity index (χ2v) is 5.36. The van der Waals surface area contributed by atoms with Gasteiger partial charge in [-0.2, -0.15) is 5.10 Å². The Labute approximate surface area is 126 Å². The Morgan fingerprint density at radius 2 is 2.25 bits per heavy atom. The number of rotatable bonds is 6. The van der Waals surface area contributed by atoms with Gasteiger partial charge in [-0.25, -0.2) is 9.67 Å². The monoisotopic (exact) mass is 339 g/mol. The molecule has 0 bridgehead atoms. The first-order valence-corrected chi connectivity index (χ1v) is 7.38. The number of nitrogens with zero attached hydrogens (tertiary/aromatic N) is 4. The van der Waals surface area contributed by atoms with E-state index in [0.29, 0.717) is 23.2 Å². The van der Waals surface area contributed by atoms with E-state index in [4.69, 9.17) is 0 Å². The van der Waals surface area contributed by atoms with Crippen molar-refractivity contribution < 1.29 is 0 Å². The van der Waals surface area contributed by atoms with Gasteiger partial charge in [0.05, 0.1) is 18.4 Å². The minimum atomic E-state index is -0.108. The molecule has 0 fully saturated rings. The van der Waals surface area contributed by atoms with Gasteiger partial charge in [-0.1, -0.05) is 13.3 Å². The van der Waals surface area contributed by atoms with Crippen molar-refractivity contribution in [1.29, 1.82) is 0 Å². The second kappa shape index (κ2) is 6.69. The predicted octanol–water partition coefficient (Wildman–Crippen LogP) is 2.15. The first kappa shape index (κ1) is 14.8. The molecule has 0 spiro atoms. The summed E-state index contributed by atoms with van der Waals surface area (Å²) in [5, 5.41) is 7.36. The van der Waals surface area contributed by atoms with E-state index in [9.17, 15) is 4.79 Å². The van der Waals surface area contributed by atoms with Gasteiger partial charge in [0.25, 0.3) is 5.56 Å². The van der Waals surface area contributed by atoms with Crippen molar-refractivity contribution in [1.82, 2.24) is 19.3 Å².